The Morgan fingerprint density at radius 3 is 2.62 bits per heavy atom. The molecule has 2 aromatic rings. The first-order chi connectivity index (χ1) is 12.0. The van der Waals surface area contributed by atoms with Crippen molar-refractivity contribution in [2.75, 3.05) is 18.4 Å². The Labute approximate surface area is 159 Å². The summed E-state index contributed by atoms with van der Waals surface area (Å²) in [6, 6.07) is 5.55. The van der Waals surface area contributed by atoms with E-state index in [-0.39, 0.29) is 30.3 Å². The van der Waals surface area contributed by atoms with E-state index in [4.69, 9.17) is 0 Å². The van der Waals surface area contributed by atoms with Crippen molar-refractivity contribution in [3.63, 3.8) is 0 Å². The fourth-order valence-electron chi connectivity index (χ4n) is 2.90. The van der Waals surface area contributed by atoms with Crippen molar-refractivity contribution in [2.45, 2.75) is 25.8 Å². The van der Waals surface area contributed by atoms with Gasteiger partial charge in [-0.05, 0) is 50.6 Å². The Hall–Kier alpha value is -2.38. The van der Waals surface area contributed by atoms with E-state index >= 15 is 0 Å². The number of hydrogen-bond acceptors (Lipinski definition) is 4. The monoisotopic (exact) mass is 377 g/mol. The average molecular weight is 378 g/mol. The van der Waals surface area contributed by atoms with Crippen LogP contribution in [0.25, 0.3) is 0 Å². The number of rotatable bonds is 4. The molecule has 140 valence electrons. The first-order valence-corrected chi connectivity index (χ1v) is 8.44. The highest BCUT2D eigenvalue weighted by Gasteiger charge is 2.18. The zero-order valence-corrected chi connectivity index (χ0v) is 15.7. The number of anilines is 1. The third kappa shape index (κ3) is 4.62. The third-order valence-electron chi connectivity index (χ3n) is 4.47. The molecule has 3 N–H and O–H groups in total. The molecule has 2 heterocycles. The molecule has 0 unspecified atom stereocenters. The number of amides is 2. The number of halogens is 1. The van der Waals surface area contributed by atoms with Crippen molar-refractivity contribution < 1.29 is 9.59 Å². The van der Waals surface area contributed by atoms with Gasteiger partial charge in [0.2, 0.25) is 0 Å². The molecule has 1 aliphatic heterocycles. The molecule has 1 aromatic heterocycles. The molecule has 0 spiro atoms. The minimum atomic E-state index is -0.251. The molecule has 8 heteroatoms. The van der Waals surface area contributed by atoms with Gasteiger partial charge >= 0.3 is 0 Å². The van der Waals surface area contributed by atoms with Crippen LogP contribution in [0.5, 0.6) is 0 Å². The van der Waals surface area contributed by atoms with Crippen LogP contribution in [0.2, 0.25) is 0 Å². The van der Waals surface area contributed by atoms with Crippen molar-refractivity contribution in [3.05, 3.63) is 47.5 Å². The normalized spacial score (nSPS) is 14.4. The fraction of sp³-hybridized carbons (Fsp3) is 0.389. The van der Waals surface area contributed by atoms with Gasteiger partial charge in [0, 0.05) is 24.3 Å². The van der Waals surface area contributed by atoms with Crippen LogP contribution in [0.1, 0.15) is 39.3 Å². The molecular formula is C18H24ClN5O2. The molecule has 1 aromatic carbocycles. The minimum absolute atomic E-state index is 0. The summed E-state index contributed by atoms with van der Waals surface area (Å²) in [5, 5.41) is 9.21. The lowest BCUT2D eigenvalue weighted by atomic mass is 10.0. The zero-order chi connectivity index (χ0) is 17.8. The van der Waals surface area contributed by atoms with E-state index in [1.165, 1.54) is 6.20 Å². The van der Waals surface area contributed by atoms with E-state index in [1.807, 2.05) is 13.0 Å². The van der Waals surface area contributed by atoms with Crippen LogP contribution in [-0.4, -0.2) is 40.5 Å². The molecule has 7 nitrogen and oxygen atoms in total. The van der Waals surface area contributed by atoms with Gasteiger partial charge in [-0.3, -0.25) is 9.59 Å². The number of aromatic nitrogens is 2. The number of carbonyl (C=O) groups excluding carboxylic acids is 2. The maximum Gasteiger partial charge on any atom is 0.273 e. The van der Waals surface area contributed by atoms with Crippen LogP contribution < -0.4 is 16.0 Å². The van der Waals surface area contributed by atoms with Crippen molar-refractivity contribution in [2.24, 2.45) is 7.05 Å². The van der Waals surface area contributed by atoms with Gasteiger partial charge in [0.25, 0.3) is 11.8 Å². The number of aryl methyl sites for hydroxylation is 2. The number of piperidine rings is 1. The fourth-order valence-corrected chi connectivity index (χ4v) is 2.90. The summed E-state index contributed by atoms with van der Waals surface area (Å²) in [7, 11) is 1.76. The van der Waals surface area contributed by atoms with Gasteiger partial charge in [-0.1, -0.05) is 6.07 Å². The van der Waals surface area contributed by atoms with Crippen LogP contribution in [0.3, 0.4) is 0 Å². The maximum absolute atomic E-state index is 12.5. The molecule has 2 amide bonds. The highest BCUT2D eigenvalue weighted by atomic mass is 35.5. The summed E-state index contributed by atoms with van der Waals surface area (Å²) in [6.45, 7) is 3.74. The molecule has 26 heavy (non-hydrogen) atoms. The smallest absolute Gasteiger partial charge is 0.273 e. The van der Waals surface area contributed by atoms with Crippen molar-refractivity contribution >= 4 is 29.9 Å². The second-order valence-corrected chi connectivity index (χ2v) is 6.37. The molecule has 1 aliphatic rings. The summed E-state index contributed by atoms with van der Waals surface area (Å²) in [5.74, 6) is -0.359. The van der Waals surface area contributed by atoms with Crippen molar-refractivity contribution in [1.82, 2.24) is 20.2 Å². The molecule has 1 fully saturated rings. The van der Waals surface area contributed by atoms with Crippen molar-refractivity contribution in [3.8, 4) is 0 Å². The lowest BCUT2D eigenvalue weighted by Crippen LogP contribution is -2.42. The Morgan fingerprint density at radius 2 is 1.96 bits per heavy atom. The minimum Gasteiger partial charge on any atom is -0.349 e. The number of nitrogens with zero attached hydrogens (tertiary/aromatic N) is 2. The van der Waals surface area contributed by atoms with E-state index in [1.54, 1.807) is 30.1 Å². The summed E-state index contributed by atoms with van der Waals surface area (Å²) in [5.41, 5.74) is 2.53. The lowest BCUT2D eigenvalue weighted by molar-refractivity contribution is 0.0928. The van der Waals surface area contributed by atoms with Crippen molar-refractivity contribution in [1.29, 1.82) is 0 Å². The van der Waals surface area contributed by atoms with Gasteiger partial charge in [0.15, 0.2) is 0 Å². The Kier molecular flexibility index (Phi) is 6.76. The van der Waals surface area contributed by atoms with Crippen LogP contribution in [0.4, 0.5) is 5.69 Å². The molecule has 0 atom stereocenters. The number of nitrogens with one attached hydrogen (secondary N) is 3. The Balaban J connectivity index is 0.00000243. The predicted octanol–water partition coefficient (Wildman–Crippen LogP) is 1.88. The second-order valence-electron chi connectivity index (χ2n) is 6.37. The first kappa shape index (κ1) is 19.9. The average Bonchev–Trinajstić information content (AvgIpc) is 3.04. The Morgan fingerprint density at radius 1 is 1.23 bits per heavy atom. The van der Waals surface area contributed by atoms with E-state index in [0.717, 1.165) is 31.5 Å². The van der Waals surface area contributed by atoms with Crippen LogP contribution in [-0.2, 0) is 7.05 Å². The number of hydrogen-bond donors (Lipinski definition) is 3. The second kappa shape index (κ2) is 8.82. The number of imidazole rings is 1. The standard InChI is InChI=1S/C18H23N5O2.ClH/c1-12-3-4-13(17(24)21-14-5-7-19-8-6-14)9-15(12)22-18(25)16-10-20-11-23(16)2;/h3-4,9-11,14,19H,5-8H2,1-2H3,(H,21,24)(H,22,25);1H. The van der Waals surface area contributed by atoms with E-state index in [2.05, 4.69) is 20.9 Å². The third-order valence-corrected chi connectivity index (χ3v) is 4.47. The first-order valence-electron chi connectivity index (χ1n) is 8.44. The highest BCUT2D eigenvalue weighted by Crippen LogP contribution is 2.18. The molecule has 3 rings (SSSR count). The SMILES string of the molecule is Cc1ccc(C(=O)NC2CCNCC2)cc1NC(=O)c1cncn1C.Cl. The zero-order valence-electron chi connectivity index (χ0n) is 14.9. The van der Waals surface area contributed by atoms with Crippen LogP contribution >= 0.6 is 12.4 Å². The van der Waals surface area contributed by atoms with E-state index in [0.29, 0.717) is 16.9 Å². The van der Waals surface area contributed by atoms with E-state index in [9.17, 15) is 9.59 Å². The largest absolute Gasteiger partial charge is 0.349 e. The lowest BCUT2D eigenvalue weighted by Gasteiger charge is -2.23. The summed E-state index contributed by atoms with van der Waals surface area (Å²) in [4.78, 5) is 28.8. The number of benzene rings is 1. The molecule has 0 saturated carbocycles. The van der Waals surface area contributed by atoms with Gasteiger partial charge in [-0.15, -0.1) is 12.4 Å². The summed E-state index contributed by atoms with van der Waals surface area (Å²) >= 11 is 0. The predicted molar refractivity (Wildman–Crippen MR) is 103 cm³/mol. The number of carbonyl (C=O) groups is 2. The summed E-state index contributed by atoms with van der Waals surface area (Å²) < 4.78 is 1.65. The van der Waals surface area contributed by atoms with Crippen LogP contribution in [0, 0.1) is 6.92 Å². The topological polar surface area (TPSA) is 88.1 Å². The van der Waals surface area contributed by atoms with Gasteiger partial charge in [-0.25, -0.2) is 4.98 Å². The maximum atomic E-state index is 12.5. The van der Waals surface area contributed by atoms with Gasteiger partial charge < -0.3 is 20.5 Å². The summed E-state index contributed by atoms with van der Waals surface area (Å²) in [6.07, 6.45) is 4.95. The quantitative estimate of drug-likeness (QED) is 0.759. The highest BCUT2D eigenvalue weighted by molar-refractivity contribution is 6.04. The van der Waals surface area contributed by atoms with Gasteiger partial charge in [0.05, 0.1) is 12.5 Å². The molecule has 1 saturated heterocycles. The molecule has 0 aliphatic carbocycles. The van der Waals surface area contributed by atoms with Crippen LogP contribution in [0.15, 0.2) is 30.7 Å². The van der Waals surface area contributed by atoms with E-state index < -0.39 is 0 Å². The molecule has 0 radical (unpaired) electrons. The Bertz CT molecular complexity index is 784. The molecule has 0 bridgehead atoms. The molecular weight excluding hydrogens is 354 g/mol. The van der Waals surface area contributed by atoms with Gasteiger partial charge in [-0.2, -0.15) is 0 Å². The van der Waals surface area contributed by atoms with Gasteiger partial charge in [0.1, 0.15) is 5.69 Å².